The molecule has 3 aliphatic carbocycles. The van der Waals surface area contributed by atoms with Gasteiger partial charge in [-0.15, -0.1) is 0 Å². The van der Waals surface area contributed by atoms with Crippen molar-refractivity contribution in [2.75, 3.05) is 4.90 Å². The maximum absolute atomic E-state index is 2.60. The van der Waals surface area contributed by atoms with Crippen LogP contribution in [0.1, 0.15) is 44.5 Å². The van der Waals surface area contributed by atoms with Gasteiger partial charge in [0.1, 0.15) is 0 Å². The monoisotopic (exact) mass is 1090 g/mol. The molecule has 1 atom stereocenters. The second-order valence-corrected chi connectivity index (χ2v) is 23.7. The summed E-state index contributed by atoms with van der Waals surface area (Å²) in [5, 5.41) is 4.93. The Kier molecular flexibility index (Phi) is 9.78. The highest BCUT2D eigenvalue weighted by atomic mass is 15.2. The second kappa shape index (κ2) is 17.7. The Morgan fingerprint density at radius 2 is 0.698 bits per heavy atom. The Hall–Kier alpha value is -11.1. The van der Waals surface area contributed by atoms with E-state index in [1.54, 1.807) is 0 Å². The first-order valence-electron chi connectivity index (χ1n) is 30.1. The van der Waals surface area contributed by atoms with Crippen molar-refractivity contribution in [1.82, 2.24) is 4.57 Å². The first-order valence-corrected chi connectivity index (χ1v) is 30.1. The van der Waals surface area contributed by atoms with Crippen LogP contribution in [-0.4, -0.2) is 4.57 Å². The van der Waals surface area contributed by atoms with Crippen molar-refractivity contribution < 1.29 is 0 Å². The van der Waals surface area contributed by atoms with Gasteiger partial charge < -0.3 is 9.47 Å². The van der Waals surface area contributed by atoms with E-state index >= 15 is 0 Å². The summed E-state index contributed by atoms with van der Waals surface area (Å²) < 4.78 is 2.53. The molecule has 0 saturated heterocycles. The van der Waals surface area contributed by atoms with Gasteiger partial charge in [-0.1, -0.05) is 279 Å². The summed E-state index contributed by atoms with van der Waals surface area (Å²) in [5.74, 6) is 0. The molecule has 1 aromatic heterocycles. The Bertz CT molecular complexity index is 5330. The number of rotatable bonds is 6. The summed E-state index contributed by atoms with van der Waals surface area (Å²) >= 11 is 0. The predicted molar refractivity (Wildman–Crippen MR) is 356 cm³/mol. The van der Waals surface area contributed by atoms with Gasteiger partial charge in [0, 0.05) is 27.3 Å². The van der Waals surface area contributed by atoms with Crippen LogP contribution in [0, 0.1) is 0 Å². The van der Waals surface area contributed by atoms with Crippen LogP contribution in [0.2, 0.25) is 0 Å². The maximum Gasteiger partial charge on any atom is 0.0754 e. The molecule has 1 aliphatic heterocycles. The lowest BCUT2D eigenvalue weighted by molar-refractivity contribution is 0.749. The predicted octanol–water partition coefficient (Wildman–Crippen LogP) is 21.4. The van der Waals surface area contributed by atoms with E-state index < -0.39 is 10.8 Å². The summed E-state index contributed by atoms with van der Waals surface area (Å²) in [6.45, 7) is 0. The summed E-state index contributed by atoms with van der Waals surface area (Å²) in [4.78, 5) is 2.60. The van der Waals surface area contributed by atoms with Gasteiger partial charge in [0.25, 0.3) is 0 Å². The number of anilines is 3. The van der Waals surface area contributed by atoms with Crippen molar-refractivity contribution in [2.24, 2.45) is 0 Å². The lowest BCUT2D eigenvalue weighted by Crippen LogP contribution is -2.33. The lowest BCUT2D eigenvalue weighted by Gasteiger charge is -2.39. The van der Waals surface area contributed by atoms with E-state index in [2.05, 4.69) is 325 Å². The first-order chi connectivity index (χ1) is 42.7. The van der Waals surface area contributed by atoms with Gasteiger partial charge in [0.15, 0.2) is 0 Å². The summed E-state index contributed by atoms with van der Waals surface area (Å²) in [6.07, 6.45) is 0. The molecule has 0 saturated carbocycles. The number of benzene rings is 14. The van der Waals surface area contributed by atoms with E-state index in [1.165, 1.54) is 138 Å². The number of hydrogen-bond donors (Lipinski definition) is 0. The molecule has 2 nitrogen and oxygen atoms in total. The summed E-state index contributed by atoms with van der Waals surface area (Å²) in [5.41, 5.74) is 31.4. The molecule has 2 heteroatoms. The molecule has 0 bridgehead atoms. The molecule has 15 aromatic rings. The van der Waals surface area contributed by atoms with E-state index in [1.807, 2.05) is 0 Å². The molecule has 19 rings (SSSR count). The summed E-state index contributed by atoms with van der Waals surface area (Å²) in [7, 11) is 0. The highest BCUT2D eigenvalue weighted by Gasteiger charge is 2.53. The smallest absolute Gasteiger partial charge is 0.0754 e. The molecule has 398 valence electrons. The fourth-order valence-electron chi connectivity index (χ4n) is 16.5. The Balaban J connectivity index is 0.856. The lowest BCUT2D eigenvalue weighted by atomic mass is 9.65. The van der Waals surface area contributed by atoms with E-state index in [0.717, 1.165) is 28.2 Å². The standard InChI is InChI=1S/C84H52N2/c1-2-22-53(23-3-1)54-44-46-55(47-45-54)58-24-10-17-40-76(58)85(80-43-21-38-73-81(80)67-31-9-15-36-71(67)83(73)68-33-12-6-26-60(68)61-27-7-13-34-69(61)83)78-51-50-57(59-25-4-5-29-64(59)78)56-48-49-63-62-28-8-14-35-70(62)84(75(63)52-56)72-37-16-19-42-79(72)86-77-41-18-11-30-65(77)66-32-20-39-74(84)82(66)86/h1-52H. The van der Waals surface area contributed by atoms with E-state index in [9.17, 15) is 0 Å². The molecule has 0 radical (unpaired) electrons. The van der Waals surface area contributed by atoms with E-state index in [-0.39, 0.29) is 0 Å². The fraction of sp³-hybridized carbons (Fsp3) is 0.0238. The van der Waals surface area contributed by atoms with Crippen molar-refractivity contribution in [2.45, 2.75) is 10.8 Å². The van der Waals surface area contributed by atoms with Crippen molar-refractivity contribution in [3.05, 3.63) is 360 Å². The molecule has 86 heavy (non-hydrogen) atoms. The van der Waals surface area contributed by atoms with Crippen LogP contribution in [0.3, 0.4) is 0 Å². The Morgan fingerprint density at radius 3 is 1.43 bits per heavy atom. The zero-order valence-electron chi connectivity index (χ0n) is 46.9. The van der Waals surface area contributed by atoms with Crippen molar-refractivity contribution in [3.8, 4) is 72.4 Å². The van der Waals surface area contributed by atoms with Gasteiger partial charge in [-0.2, -0.15) is 0 Å². The third-order valence-electron chi connectivity index (χ3n) is 19.8. The van der Waals surface area contributed by atoms with Gasteiger partial charge in [0.05, 0.1) is 44.6 Å². The third kappa shape index (κ3) is 6.09. The van der Waals surface area contributed by atoms with Crippen LogP contribution in [-0.2, 0) is 10.8 Å². The molecule has 0 fully saturated rings. The summed E-state index contributed by atoms with van der Waals surface area (Å²) in [6, 6.07) is 119. The topological polar surface area (TPSA) is 8.17 Å². The molecular formula is C84H52N2. The average Bonchev–Trinajstić information content (AvgIpc) is 1.50. The molecule has 14 aromatic carbocycles. The number of hydrogen-bond acceptors (Lipinski definition) is 1. The molecule has 0 amide bonds. The molecule has 1 unspecified atom stereocenters. The Labute approximate surface area is 499 Å². The third-order valence-corrected chi connectivity index (χ3v) is 19.8. The number of nitrogens with zero attached hydrogens (tertiary/aromatic N) is 2. The second-order valence-electron chi connectivity index (χ2n) is 23.7. The number of fused-ring (bicyclic) bond motifs is 23. The molecular weight excluding hydrogens is 1040 g/mol. The molecule has 0 N–H and O–H groups in total. The van der Waals surface area contributed by atoms with Gasteiger partial charge in [-0.25, -0.2) is 0 Å². The first kappa shape index (κ1) is 47.4. The Morgan fingerprint density at radius 1 is 0.233 bits per heavy atom. The van der Waals surface area contributed by atoms with Gasteiger partial charge in [0.2, 0.25) is 0 Å². The average molecular weight is 1090 g/mol. The van der Waals surface area contributed by atoms with Crippen LogP contribution in [0.25, 0.3) is 105 Å². The van der Waals surface area contributed by atoms with E-state index in [4.69, 9.17) is 0 Å². The van der Waals surface area contributed by atoms with Crippen LogP contribution in [0.15, 0.2) is 315 Å². The van der Waals surface area contributed by atoms with Crippen LogP contribution >= 0.6 is 0 Å². The van der Waals surface area contributed by atoms with Crippen LogP contribution in [0.4, 0.5) is 17.1 Å². The minimum absolute atomic E-state index is 0.509. The minimum atomic E-state index is -0.570. The van der Waals surface area contributed by atoms with E-state index in [0.29, 0.717) is 0 Å². The van der Waals surface area contributed by atoms with Crippen molar-refractivity contribution in [3.63, 3.8) is 0 Å². The molecule has 4 aliphatic rings. The number of para-hydroxylation sites is 4. The van der Waals surface area contributed by atoms with Gasteiger partial charge in [-0.3, -0.25) is 0 Å². The zero-order chi connectivity index (χ0) is 56.2. The highest BCUT2D eigenvalue weighted by Crippen LogP contribution is 2.66. The largest absolute Gasteiger partial charge is 0.309 e. The van der Waals surface area contributed by atoms with Crippen molar-refractivity contribution >= 4 is 49.6 Å². The van der Waals surface area contributed by atoms with Crippen LogP contribution in [0.5, 0.6) is 0 Å². The maximum atomic E-state index is 2.60. The van der Waals surface area contributed by atoms with Crippen LogP contribution < -0.4 is 4.90 Å². The fourth-order valence-corrected chi connectivity index (χ4v) is 16.5. The van der Waals surface area contributed by atoms with Gasteiger partial charge in [-0.05, 0) is 142 Å². The molecule has 2 heterocycles. The normalized spacial score (nSPS) is 14.9. The SMILES string of the molecule is c1ccc(-c2ccc(-c3ccccc3N(c3cccc4c3-c3ccccc3C43c4ccccc4-c4ccccc43)c3ccc(-c4ccc5c(c4)C4(c6ccccc6-5)c5ccccc5-n5c6ccccc6c6cccc4c65)c4ccccc34)cc2)cc1. The minimum Gasteiger partial charge on any atom is -0.309 e. The molecule has 2 spiro atoms. The van der Waals surface area contributed by atoms with Gasteiger partial charge >= 0.3 is 0 Å². The highest BCUT2D eigenvalue weighted by molar-refractivity contribution is 6.14. The quantitative estimate of drug-likeness (QED) is 0.161. The van der Waals surface area contributed by atoms with Crippen molar-refractivity contribution in [1.29, 1.82) is 0 Å². The number of aromatic nitrogens is 1. The zero-order valence-corrected chi connectivity index (χ0v) is 46.9.